The van der Waals surface area contributed by atoms with Gasteiger partial charge in [-0.05, 0) is 30.5 Å². The molecule has 1 aromatic rings. The molecule has 0 spiro atoms. The number of carbonyl (C=O) groups is 5. The fraction of sp³-hybridized carbons (Fsp3) is 0.615. The van der Waals surface area contributed by atoms with Crippen LogP contribution in [-0.2, 0) is 47.6 Å². The number of ether oxygens (including phenoxy) is 6. The Labute approximate surface area is 305 Å². The lowest BCUT2D eigenvalue weighted by Crippen LogP contribution is -2.59. The van der Waals surface area contributed by atoms with E-state index < -0.39 is 101 Å². The van der Waals surface area contributed by atoms with Crippen molar-refractivity contribution in [1.82, 2.24) is 0 Å². The molecule has 0 bridgehead atoms. The molecule has 1 aromatic carbocycles. The predicted molar refractivity (Wildman–Crippen MR) is 187 cm³/mol. The van der Waals surface area contributed by atoms with E-state index in [1.807, 2.05) is 13.8 Å². The minimum Gasteiger partial charge on any atom is -0.459 e. The average molecular weight is 731 g/mol. The second kappa shape index (κ2) is 16.7. The molecule has 0 amide bonds. The summed E-state index contributed by atoms with van der Waals surface area (Å²) in [5.74, 6) is -6.39. The van der Waals surface area contributed by atoms with Crippen LogP contribution in [0.1, 0.15) is 86.0 Å². The van der Waals surface area contributed by atoms with Crippen LogP contribution in [0.2, 0.25) is 0 Å². The minimum atomic E-state index is -2.27. The summed E-state index contributed by atoms with van der Waals surface area (Å²) >= 11 is 0. The van der Waals surface area contributed by atoms with Crippen molar-refractivity contribution in [3.05, 3.63) is 60.2 Å². The predicted octanol–water partition coefficient (Wildman–Crippen LogP) is 4.27. The van der Waals surface area contributed by atoms with Gasteiger partial charge in [-0.3, -0.25) is 19.2 Å². The highest BCUT2D eigenvalue weighted by atomic mass is 16.6. The third-order valence-corrected chi connectivity index (χ3v) is 9.46. The number of rotatable bonds is 9. The van der Waals surface area contributed by atoms with Crippen LogP contribution in [0.25, 0.3) is 0 Å². The fourth-order valence-corrected chi connectivity index (χ4v) is 7.39. The number of esters is 5. The maximum absolute atomic E-state index is 13.8. The van der Waals surface area contributed by atoms with Gasteiger partial charge in [0.1, 0.15) is 41.7 Å². The van der Waals surface area contributed by atoms with Crippen molar-refractivity contribution >= 4 is 29.8 Å². The van der Waals surface area contributed by atoms with Crippen molar-refractivity contribution in [2.75, 3.05) is 6.61 Å². The Kier molecular flexibility index (Phi) is 13.6. The fourth-order valence-electron chi connectivity index (χ4n) is 7.39. The maximum atomic E-state index is 13.8. The van der Waals surface area contributed by atoms with E-state index in [1.54, 1.807) is 51.1 Å². The Morgan fingerprint density at radius 1 is 0.827 bits per heavy atom. The van der Waals surface area contributed by atoms with Crippen molar-refractivity contribution in [3.8, 4) is 0 Å². The van der Waals surface area contributed by atoms with Crippen LogP contribution < -0.4 is 0 Å². The zero-order chi connectivity index (χ0) is 39.3. The van der Waals surface area contributed by atoms with E-state index in [1.165, 1.54) is 26.0 Å². The first kappa shape index (κ1) is 42.3. The molecule has 1 saturated carbocycles. The molecule has 13 nitrogen and oxygen atoms in total. The molecule has 52 heavy (non-hydrogen) atoms. The first-order valence-electron chi connectivity index (χ1n) is 17.4. The van der Waals surface area contributed by atoms with Crippen molar-refractivity contribution in [2.24, 2.45) is 23.2 Å². The van der Waals surface area contributed by atoms with Crippen LogP contribution in [-0.4, -0.2) is 94.5 Å². The zero-order valence-corrected chi connectivity index (χ0v) is 31.7. The number of aliphatic hydroxyl groups is 2. The highest BCUT2D eigenvalue weighted by molar-refractivity contribution is 5.89. The summed E-state index contributed by atoms with van der Waals surface area (Å²) in [6.45, 7) is 19.2. The zero-order valence-electron chi connectivity index (χ0n) is 31.7. The summed E-state index contributed by atoms with van der Waals surface area (Å²) < 4.78 is 35.8. The van der Waals surface area contributed by atoms with Gasteiger partial charge in [-0.2, -0.15) is 0 Å². The van der Waals surface area contributed by atoms with Gasteiger partial charge in [-0.25, -0.2) is 4.79 Å². The van der Waals surface area contributed by atoms with Crippen molar-refractivity contribution in [3.63, 3.8) is 0 Å². The number of hydrogen-bond donors (Lipinski definition) is 2. The van der Waals surface area contributed by atoms with Crippen LogP contribution in [0.3, 0.4) is 0 Å². The number of aliphatic hydroxyl groups excluding tert-OH is 1. The molecule has 10 atom stereocenters. The quantitative estimate of drug-likeness (QED) is 0.209. The highest BCUT2D eigenvalue weighted by Gasteiger charge is 2.70. The summed E-state index contributed by atoms with van der Waals surface area (Å²) in [6.07, 6.45) is -6.09. The summed E-state index contributed by atoms with van der Waals surface area (Å²) in [4.78, 5) is 64.7. The Bertz CT molecular complexity index is 1520. The van der Waals surface area contributed by atoms with Gasteiger partial charge in [0.2, 0.25) is 0 Å². The third-order valence-electron chi connectivity index (χ3n) is 9.46. The Morgan fingerprint density at radius 3 is 1.90 bits per heavy atom. The highest BCUT2D eigenvalue weighted by Crippen LogP contribution is 2.54. The van der Waals surface area contributed by atoms with Crippen molar-refractivity contribution < 1.29 is 62.6 Å². The smallest absolute Gasteiger partial charge is 0.338 e. The summed E-state index contributed by atoms with van der Waals surface area (Å²) in [5.41, 5.74) is -5.13. The lowest BCUT2D eigenvalue weighted by molar-refractivity contribution is -0.194. The minimum absolute atomic E-state index is 0.0657. The molecule has 288 valence electrons. The van der Waals surface area contributed by atoms with E-state index in [4.69, 9.17) is 28.4 Å². The van der Waals surface area contributed by atoms with Gasteiger partial charge in [0, 0.05) is 52.1 Å². The monoisotopic (exact) mass is 730 g/mol. The first-order valence-corrected chi connectivity index (χ1v) is 17.4. The first-order chi connectivity index (χ1) is 24.0. The van der Waals surface area contributed by atoms with Crippen LogP contribution in [0.5, 0.6) is 0 Å². The molecule has 0 saturated heterocycles. The van der Waals surface area contributed by atoms with E-state index in [0.29, 0.717) is 0 Å². The van der Waals surface area contributed by atoms with Gasteiger partial charge in [0.15, 0.2) is 6.10 Å². The van der Waals surface area contributed by atoms with E-state index in [9.17, 15) is 34.2 Å². The summed E-state index contributed by atoms with van der Waals surface area (Å²) in [7, 11) is 0. The van der Waals surface area contributed by atoms with Crippen LogP contribution >= 0.6 is 0 Å². The molecule has 3 rings (SSSR count). The lowest BCUT2D eigenvalue weighted by atomic mass is 9.71. The van der Waals surface area contributed by atoms with E-state index >= 15 is 0 Å². The van der Waals surface area contributed by atoms with Gasteiger partial charge in [0.05, 0.1) is 11.5 Å². The standard InChI is InChI=1S/C39H54O13/c1-21(2)19-47-32-23(4)31(48-24(5)40)29-34(51-36(45)28-15-13-12-14-16-28)38(11,52-27(8)43)20-39(29,46)33(49-25(6)41)22(3)17-18-37(9,10)35(30(32)44)50-26(7)42/h12-18,21-22,29-35,44,46H,4,19-20H2,1-3,5-11H3/b18-17+/t22-,29-,30+,31-,32-,33-,34+,35+,38+,39+/m0/s1. The molecular weight excluding hydrogens is 676 g/mol. The van der Waals surface area contributed by atoms with E-state index in [-0.39, 0.29) is 23.7 Å². The third kappa shape index (κ3) is 9.67. The molecule has 0 radical (unpaired) electrons. The van der Waals surface area contributed by atoms with Gasteiger partial charge in [-0.1, -0.05) is 71.5 Å². The summed E-state index contributed by atoms with van der Waals surface area (Å²) in [6, 6.07) is 7.96. The van der Waals surface area contributed by atoms with Crippen LogP contribution in [0.4, 0.5) is 0 Å². The average Bonchev–Trinajstić information content (AvgIpc) is 3.24. The molecule has 1 fully saturated rings. The largest absolute Gasteiger partial charge is 0.459 e. The van der Waals surface area contributed by atoms with E-state index in [0.717, 1.165) is 20.8 Å². The normalized spacial score (nSPS) is 33.8. The van der Waals surface area contributed by atoms with Crippen molar-refractivity contribution in [1.29, 1.82) is 0 Å². The Hall–Kier alpha value is -4.07. The molecule has 2 N–H and O–H groups in total. The Balaban J connectivity index is 2.48. The summed E-state index contributed by atoms with van der Waals surface area (Å²) in [5, 5.41) is 25.3. The molecule has 0 aliphatic heterocycles. The molecular formula is C39H54O13. The topological polar surface area (TPSA) is 181 Å². The van der Waals surface area contributed by atoms with Gasteiger partial charge >= 0.3 is 29.8 Å². The molecule has 2 aliphatic carbocycles. The lowest BCUT2D eigenvalue weighted by Gasteiger charge is -2.46. The molecule has 13 heteroatoms. The second-order valence-corrected chi connectivity index (χ2v) is 15.1. The SMILES string of the molecule is C=C1[C@H](OCC(C)C)[C@@H](O)[C@@H](OC(C)=O)C(C)(C)/C=C/[C@H](C)[C@H](OC(C)=O)[C@@]2(O)C[C@@](C)(OC(C)=O)[C@H](OC(=O)c3ccccc3)[C@@H]2[C@H]1OC(C)=O. The van der Waals surface area contributed by atoms with Crippen LogP contribution in [0.15, 0.2) is 54.6 Å². The Morgan fingerprint density at radius 2 is 1.38 bits per heavy atom. The molecule has 0 unspecified atom stereocenters. The number of hydrogen-bond acceptors (Lipinski definition) is 13. The molecule has 0 heterocycles. The van der Waals surface area contributed by atoms with Crippen LogP contribution in [0, 0.1) is 23.2 Å². The number of benzene rings is 1. The molecule has 0 aromatic heterocycles. The van der Waals surface area contributed by atoms with Gasteiger partial charge < -0.3 is 38.6 Å². The molecule has 2 aliphatic rings. The van der Waals surface area contributed by atoms with E-state index in [2.05, 4.69) is 6.58 Å². The van der Waals surface area contributed by atoms with Gasteiger partial charge in [0.25, 0.3) is 0 Å². The number of fused-ring (bicyclic) bond motifs is 1. The number of carbonyl (C=O) groups excluding carboxylic acids is 5. The van der Waals surface area contributed by atoms with Gasteiger partial charge in [-0.15, -0.1) is 0 Å². The second-order valence-electron chi connectivity index (χ2n) is 15.1. The van der Waals surface area contributed by atoms with Crippen molar-refractivity contribution in [2.45, 2.75) is 123 Å². The maximum Gasteiger partial charge on any atom is 0.338 e.